The van der Waals surface area contributed by atoms with Gasteiger partial charge in [-0.3, -0.25) is 4.68 Å². The number of hydrogen-bond acceptors (Lipinski definition) is 6. The third-order valence-corrected chi connectivity index (χ3v) is 5.01. The fraction of sp³-hybridized carbons (Fsp3) is 0.0870. The van der Waals surface area contributed by atoms with Gasteiger partial charge in [-0.1, -0.05) is 36.4 Å². The van der Waals surface area contributed by atoms with E-state index in [1.165, 1.54) is 4.52 Å². The van der Waals surface area contributed by atoms with Gasteiger partial charge in [0.15, 0.2) is 11.5 Å². The van der Waals surface area contributed by atoms with Crippen molar-refractivity contribution in [2.24, 2.45) is 7.05 Å². The zero-order chi connectivity index (χ0) is 21.4. The summed E-state index contributed by atoms with van der Waals surface area (Å²) in [6.07, 6.45) is 4.39. The van der Waals surface area contributed by atoms with Gasteiger partial charge in [0.2, 0.25) is 5.95 Å². The lowest BCUT2D eigenvalue weighted by Gasteiger charge is -2.03. The van der Waals surface area contributed by atoms with Crippen molar-refractivity contribution >= 4 is 11.6 Å². The minimum absolute atomic E-state index is 0.248. The number of nitrogens with two attached hydrogens (primary N) is 1. The third-order valence-electron chi connectivity index (χ3n) is 5.01. The van der Waals surface area contributed by atoms with Crippen molar-refractivity contribution < 1.29 is 0 Å². The smallest absolute Gasteiger partial charge is 0.223 e. The van der Waals surface area contributed by atoms with Crippen LogP contribution < -0.4 is 5.73 Å². The standard InChI is InChI=1S/C23H18N8/c1-30-14-19(13-26-30)17-6-2-4-15(8-17)10-21-28-22-11-20(27-23(25)31(22)29-21)18-7-3-5-16(9-18)12-24/h2-9,11,13-14H,10H2,1H3,(H2,25,27). The van der Waals surface area contributed by atoms with Crippen molar-refractivity contribution in [2.75, 3.05) is 5.73 Å². The van der Waals surface area contributed by atoms with Crippen molar-refractivity contribution in [3.63, 3.8) is 0 Å². The van der Waals surface area contributed by atoms with E-state index < -0.39 is 0 Å². The minimum atomic E-state index is 0.248. The molecule has 5 aromatic rings. The molecule has 150 valence electrons. The molecule has 0 saturated heterocycles. The van der Waals surface area contributed by atoms with Crippen molar-refractivity contribution in [1.29, 1.82) is 5.26 Å². The molecule has 0 unspecified atom stereocenters. The fourth-order valence-corrected chi connectivity index (χ4v) is 3.54. The monoisotopic (exact) mass is 406 g/mol. The van der Waals surface area contributed by atoms with Gasteiger partial charge in [0, 0.05) is 36.9 Å². The molecule has 0 aliphatic carbocycles. The molecule has 3 aromatic heterocycles. The molecule has 0 spiro atoms. The summed E-state index contributed by atoms with van der Waals surface area (Å²) in [5.74, 6) is 0.900. The number of aryl methyl sites for hydroxylation is 1. The molecule has 31 heavy (non-hydrogen) atoms. The number of nitriles is 1. The highest BCUT2D eigenvalue weighted by atomic mass is 15.3. The van der Waals surface area contributed by atoms with Crippen LogP contribution >= 0.6 is 0 Å². The number of anilines is 1. The highest BCUT2D eigenvalue weighted by Crippen LogP contribution is 2.23. The van der Waals surface area contributed by atoms with Crippen LogP contribution in [0.4, 0.5) is 5.95 Å². The van der Waals surface area contributed by atoms with E-state index in [4.69, 9.17) is 11.0 Å². The molecule has 0 bridgehead atoms. The zero-order valence-corrected chi connectivity index (χ0v) is 16.8. The van der Waals surface area contributed by atoms with E-state index in [9.17, 15) is 0 Å². The topological polar surface area (TPSA) is 111 Å². The molecule has 3 heterocycles. The Bertz CT molecular complexity index is 1450. The van der Waals surface area contributed by atoms with Gasteiger partial charge in [-0.15, -0.1) is 5.10 Å². The molecule has 0 radical (unpaired) electrons. The lowest BCUT2D eigenvalue weighted by atomic mass is 10.0. The highest BCUT2D eigenvalue weighted by molar-refractivity contribution is 5.67. The first-order valence-corrected chi connectivity index (χ1v) is 9.70. The summed E-state index contributed by atoms with van der Waals surface area (Å²) in [4.78, 5) is 9.10. The Hall–Kier alpha value is -4.51. The van der Waals surface area contributed by atoms with Crippen molar-refractivity contribution in [3.05, 3.63) is 83.9 Å². The fourth-order valence-electron chi connectivity index (χ4n) is 3.54. The van der Waals surface area contributed by atoms with Crippen LogP contribution in [0.2, 0.25) is 0 Å². The minimum Gasteiger partial charge on any atom is -0.368 e. The second-order valence-corrected chi connectivity index (χ2v) is 7.27. The molecular weight excluding hydrogens is 388 g/mol. The second kappa shape index (κ2) is 7.39. The molecule has 0 aliphatic rings. The average molecular weight is 406 g/mol. The van der Waals surface area contributed by atoms with Crippen LogP contribution in [0.1, 0.15) is 17.0 Å². The number of nitrogen functional groups attached to an aromatic ring is 1. The molecule has 0 fully saturated rings. The first kappa shape index (κ1) is 18.5. The first-order valence-electron chi connectivity index (χ1n) is 9.70. The molecule has 0 atom stereocenters. The van der Waals surface area contributed by atoms with E-state index in [1.54, 1.807) is 16.8 Å². The van der Waals surface area contributed by atoms with Gasteiger partial charge in [-0.05, 0) is 23.3 Å². The van der Waals surface area contributed by atoms with E-state index in [-0.39, 0.29) is 5.95 Å². The summed E-state index contributed by atoms with van der Waals surface area (Å²) < 4.78 is 3.32. The van der Waals surface area contributed by atoms with E-state index in [1.807, 2.05) is 49.8 Å². The molecule has 8 nitrogen and oxygen atoms in total. The lowest BCUT2D eigenvalue weighted by Crippen LogP contribution is -2.03. The van der Waals surface area contributed by atoms with Gasteiger partial charge in [0.25, 0.3) is 0 Å². The number of fused-ring (bicyclic) bond motifs is 1. The van der Waals surface area contributed by atoms with Crippen LogP contribution in [0.3, 0.4) is 0 Å². The maximum absolute atomic E-state index is 9.15. The molecule has 8 heteroatoms. The third kappa shape index (κ3) is 3.60. The molecule has 0 saturated carbocycles. The van der Waals surface area contributed by atoms with Gasteiger partial charge in [0.1, 0.15) is 0 Å². The molecular formula is C23H18N8. The Labute approximate surface area is 178 Å². The quantitative estimate of drug-likeness (QED) is 0.490. The maximum atomic E-state index is 9.15. The lowest BCUT2D eigenvalue weighted by molar-refractivity contribution is 0.768. The Kier molecular flexibility index (Phi) is 4.41. The van der Waals surface area contributed by atoms with E-state index in [2.05, 4.69) is 38.4 Å². The number of benzene rings is 2. The van der Waals surface area contributed by atoms with Crippen molar-refractivity contribution in [3.8, 4) is 28.5 Å². The van der Waals surface area contributed by atoms with Gasteiger partial charge in [0.05, 0.1) is 23.5 Å². The Balaban J connectivity index is 1.48. The predicted octanol–water partition coefficient (Wildman–Crippen LogP) is 3.24. The summed E-state index contributed by atoms with van der Waals surface area (Å²) in [5.41, 5.74) is 12.0. The van der Waals surface area contributed by atoms with E-state index in [0.29, 0.717) is 29.1 Å². The van der Waals surface area contributed by atoms with E-state index >= 15 is 0 Å². The molecule has 2 N–H and O–H groups in total. The molecule has 0 amide bonds. The number of rotatable bonds is 4. The summed E-state index contributed by atoms with van der Waals surface area (Å²) in [6.45, 7) is 0. The number of hydrogen-bond donors (Lipinski definition) is 1. The van der Waals surface area contributed by atoms with Gasteiger partial charge in [-0.25, -0.2) is 9.97 Å². The molecule has 2 aromatic carbocycles. The van der Waals surface area contributed by atoms with Gasteiger partial charge >= 0.3 is 0 Å². The molecule has 5 rings (SSSR count). The van der Waals surface area contributed by atoms with Crippen LogP contribution in [0.15, 0.2) is 67.0 Å². The van der Waals surface area contributed by atoms with Crippen LogP contribution in [-0.2, 0) is 13.5 Å². The highest BCUT2D eigenvalue weighted by Gasteiger charge is 2.12. The maximum Gasteiger partial charge on any atom is 0.223 e. The first-order chi connectivity index (χ1) is 15.1. The Morgan fingerprint density at radius 2 is 1.84 bits per heavy atom. The summed E-state index contributed by atoms with van der Waals surface area (Å²) >= 11 is 0. The van der Waals surface area contributed by atoms with E-state index in [0.717, 1.165) is 22.3 Å². The van der Waals surface area contributed by atoms with Crippen LogP contribution in [-0.4, -0.2) is 29.4 Å². The van der Waals surface area contributed by atoms with Gasteiger partial charge in [-0.2, -0.15) is 14.9 Å². The average Bonchev–Trinajstić information content (AvgIpc) is 3.40. The summed E-state index contributed by atoms with van der Waals surface area (Å²) in [7, 11) is 1.90. The Morgan fingerprint density at radius 1 is 1.00 bits per heavy atom. The van der Waals surface area contributed by atoms with Gasteiger partial charge < -0.3 is 5.73 Å². The largest absolute Gasteiger partial charge is 0.368 e. The van der Waals surface area contributed by atoms with Crippen molar-refractivity contribution in [1.82, 2.24) is 29.4 Å². The SMILES string of the molecule is Cn1cc(-c2cccc(Cc3nc4cc(-c5cccc(C#N)c5)nc(N)n4n3)c2)cn1. The Morgan fingerprint density at radius 3 is 2.65 bits per heavy atom. The zero-order valence-electron chi connectivity index (χ0n) is 16.8. The number of nitrogens with zero attached hydrogens (tertiary/aromatic N) is 7. The van der Waals surface area contributed by atoms with Crippen LogP contribution in [0, 0.1) is 11.3 Å². The van der Waals surface area contributed by atoms with Crippen molar-refractivity contribution in [2.45, 2.75) is 6.42 Å². The molecule has 0 aliphatic heterocycles. The summed E-state index contributed by atoms with van der Waals surface area (Å²) in [6, 6.07) is 19.4. The second-order valence-electron chi connectivity index (χ2n) is 7.27. The predicted molar refractivity (Wildman–Crippen MR) is 117 cm³/mol. The summed E-state index contributed by atoms with van der Waals surface area (Å²) in [5, 5.41) is 17.9. The van der Waals surface area contributed by atoms with Crippen LogP contribution in [0.5, 0.6) is 0 Å². The number of aromatic nitrogens is 6. The normalized spacial score (nSPS) is 11.0. The van der Waals surface area contributed by atoms with Crippen LogP contribution in [0.25, 0.3) is 28.0 Å².